The minimum Gasteiger partial charge on any atom is -0.508 e. The number of carbonyl (C=O) groups excluding carboxylic acids is 1. The van der Waals surface area contributed by atoms with Crippen molar-refractivity contribution in [2.24, 2.45) is 0 Å². The highest BCUT2D eigenvalue weighted by Gasteiger charge is 2.20. The Bertz CT molecular complexity index is 455. The number of hydrogen-bond donors (Lipinski definition) is 1. The number of aromatic hydroxyl groups is 1. The van der Waals surface area contributed by atoms with Crippen molar-refractivity contribution >= 4 is 5.97 Å². The zero-order valence-electron chi connectivity index (χ0n) is 11.5. The number of phenols is 1. The lowest BCUT2D eigenvalue weighted by molar-refractivity contribution is 0.0425. The monoisotopic (exact) mass is 260 g/mol. The van der Waals surface area contributed by atoms with Gasteiger partial charge in [-0.2, -0.15) is 0 Å². The molecule has 0 saturated heterocycles. The third-order valence-corrected chi connectivity index (χ3v) is 2.98. The summed E-state index contributed by atoms with van der Waals surface area (Å²) in [5, 5.41) is 9.19. The smallest absolute Gasteiger partial charge is 0.339 e. The van der Waals surface area contributed by atoms with Crippen LogP contribution < -0.4 is 0 Å². The van der Waals surface area contributed by atoms with Gasteiger partial charge in [-0.3, -0.25) is 0 Å². The molecular weight excluding hydrogens is 240 g/mol. The summed E-state index contributed by atoms with van der Waals surface area (Å²) < 4.78 is 5.46. The fourth-order valence-corrected chi connectivity index (χ4v) is 1.60. The van der Waals surface area contributed by atoms with Crippen LogP contribution >= 0.6 is 0 Å². The van der Waals surface area contributed by atoms with Crippen molar-refractivity contribution in [3.8, 4) is 5.75 Å². The summed E-state index contributed by atoms with van der Waals surface area (Å²) in [6.45, 7) is 11.8. The van der Waals surface area contributed by atoms with E-state index in [-0.39, 0.29) is 5.75 Å². The Morgan fingerprint density at radius 1 is 1.16 bits per heavy atom. The van der Waals surface area contributed by atoms with E-state index in [0.717, 1.165) is 24.0 Å². The third-order valence-electron chi connectivity index (χ3n) is 2.98. The molecule has 0 heterocycles. The van der Waals surface area contributed by atoms with Crippen LogP contribution in [0.25, 0.3) is 0 Å². The predicted molar refractivity (Wildman–Crippen MR) is 76.2 cm³/mol. The minimum absolute atomic E-state index is 0.115. The molecule has 0 aliphatic carbocycles. The van der Waals surface area contributed by atoms with Gasteiger partial charge in [0, 0.05) is 0 Å². The van der Waals surface area contributed by atoms with E-state index < -0.39 is 12.1 Å². The lowest BCUT2D eigenvalue weighted by Crippen LogP contribution is -2.21. The molecule has 3 heteroatoms. The van der Waals surface area contributed by atoms with Crippen LogP contribution in [0.3, 0.4) is 0 Å². The van der Waals surface area contributed by atoms with Crippen molar-refractivity contribution < 1.29 is 14.6 Å². The van der Waals surface area contributed by atoms with Crippen molar-refractivity contribution in [1.29, 1.82) is 0 Å². The molecule has 1 rings (SSSR count). The molecule has 1 aromatic rings. The van der Waals surface area contributed by atoms with Gasteiger partial charge in [0.2, 0.25) is 0 Å². The van der Waals surface area contributed by atoms with Gasteiger partial charge < -0.3 is 9.84 Å². The number of benzene rings is 1. The van der Waals surface area contributed by atoms with Gasteiger partial charge in [-0.1, -0.05) is 27.0 Å². The van der Waals surface area contributed by atoms with E-state index in [1.165, 1.54) is 24.3 Å². The summed E-state index contributed by atoms with van der Waals surface area (Å²) in [6, 6.07) is 5.96. The van der Waals surface area contributed by atoms with Gasteiger partial charge in [0.15, 0.2) is 0 Å². The van der Waals surface area contributed by atoms with Gasteiger partial charge in [-0.15, -0.1) is 0 Å². The molecule has 0 fully saturated rings. The first kappa shape index (κ1) is 15.0. The molecule has 0 aliphatic heterocycles. The predicted octanol–water partition coefficient (Wildman–Crippen LogP) is 3.85. The molecule has 0 radical (unpaired) electrons. The quantitative estimate of drug-likeness (QED) is 0.624. The Hall–Kier alpha value is -2.03. The molecule has 19 heavy (non-hydrogen) atoms. The fourth-order valence-electron chi connectivity index (χ4n) is 1.60. The summed E-state index contributed by atoms with van der Waals surface area (Å²) in [5.74, 6) is -0.321. The lowest BCUT2D eigenvalue weighted by Gasteiger charge is -2.21. The van der Waals surface area contributed by atoms with Crippen molar-refractivity contribution in [2.45, 2.75) is 32.8 Å². The number of rotatable bonds is 6. The Morgan fingerprint density at radius 2 is 1.63 bits per heavy atom. The maximum atomic E-state index is 12.0. The molecule has 0 spiro atoms. The van der Waals surface area contributed by atoms with E-state index >= 15 is 0 Å². The van der Waals surface area contributed by atoms with Gasteiger partial charge in [0.05, 0.1) is 5.56 Å². The van der Waals surface area contributed by atoms with Crippen LogP contribution in [0.4, 0.5) is 0 Å². The van der Waals surface area contributed by atoms with Gasteiger partial charge in [0.1, 0.15) is 11.9 Å². The standard InChI is InChI=1S/C16H20O3/c1-5-11(3)15(12(4)6-2)19-16(18)13-7-9-14(17)10-8-13/h7-10,15,17H,3-6H2,1-2H3. The fraction of sp³-hybridized carbons (Fsp3) is 0.312. The van der Waals surface area contributed by atoms with Gasteiger partial charge in [-0.25, -0.2) is 4.79 Å². The molecule has 0 aromatic heterocycles. The summed E-state index contributed by atoms with van der Waals surface area (Å²) in [5.41, 5.74) is 2.06. The highest BCUT2D eigenvalue weighted by atomic mass is 16.5. The molecule has 0 amide bonds. The van der Waals surface area contributed by atoms with Crippen LogP contribution in [0.1, 0.15) is 37.0 Å². The van der Waals surface area contributed by atoms with E-state index in [0.29, 0.717) is 5.56 Å². The topological polar surface area (TPSA) is 46.5 Å². The third kappa shape index (κ3) is 3.98. The second-order valence-corrected chi connectivity index (χ2v) is 4.36. The largest absolute Gasteiger partial charge is 0.508 e. The Labute approximate surface area is 114 Å². The first-order chi connectivity index (χ1) is 8.99. The maximum absolute atomic E-state index is 12.0. The highest BCUT2D eigenvalue weighted by Crippen LogP contribution is 2.21. The van der Waals surface area contributed by atoms with E-state index in [4.69, 9.17) is 4.74 Å². The van der Waals surface area contributed by atoms with E-state index in [9.17, 15) is 9.90 Å². The second kappa shape index (κ2) is 6.78. The average molecular weight is 260 g/mol. The SMILES string of the molecule is C=C(CC)C(OC(=O)c1ccc(O)cc1)C(=C)CC. The molecule has 0 bridgehead atoms. The van der Waals surface area contributed by atoms with Gasteiger partial charge >= 0.3 is 5.97 Å². The van der Waals surface area contributed by atoms with Crippen LogP contribution in [-0.2, 0) is 4.74 Å². The van der Waals surface area contributed by atoms with Crippen molar-refractivity contribution in [2.75, 3.05) is 0 Å². The summed E-state index contributed by atoms with van der Waals surface area (Å²) in [6.07, 6.45) is 1.01. The number of ether oxygens (including phenoxy) is 1. The zero-order valence-corrected chi connectivity index (χ0v) is 11.5. The van der Waals surface area contributed by atoms with E-state index in [1.807, 2.05) is 13.8 Å². The Morgan fingerprint density at radius 3 is 2.05 bits per heavy atom. The van der Waals surface area contributed by atoms with E-state index in [2.05, 4.69) is 13.2 Å². The van der Waals surface area contributed by atoms with Crippen LogP contribution in [0.2, 0.25) is 0 Å². The molecule has 0 unspecified atom stereocenters. The summed E-state index contributed by atoms with van der Waals surface area (Å²) in [4.78, 5) is 12.0. The summed E-state index contributed by atoms with van der Waals surface area (Å²) in [7, 11) is 0. The van der Waals surface area contributed by atoms with Crippen molar-refractivity contribution in [1.82, 2.24) is 0 Å². The van der Waals surface area contributed by atoms with Crippen molar-refractivity contribution in [3.63, 3.8) is 0 Å². The molecule has 0 atom stereocenters. The van der Waals surface area contributed by atoms with Crippen LogP contribution in [-0.4, -0.2) is 17.2 Å². The lowest BCUT2D eigenvalue weighted by atomic mass is 10.0. The number of esters is 1. The molecule has 102 valence electrons. The molecule has 1 N–H and O–H groups in total. The normalized spacial score (nSPS) is 10.3. The number of phenolic OH excluding ortho intramolecular Hbond substituents is 1. The maximum Gasteiger partial charge on any atom is 0.339 e. The first-order valence-corrected chi connectivity index (χ1v) is 6.34. The second-order valence-electron chi connectivity index (χ2n) is 4.36. The molecule has 0 saturated carbocycles. The van der Waals surface area contributed by atoms with Gasteiger partial charge in [0.25, 0.3) is 0 Å². The molecule has 1 aromatic carbocycles. The first-order valence-electron chi connectivity index (χ1n) is 6.34. The van der Waals surface area contributed by atoms with E-state index in [1.54, 1.807) is 0 Å². The van der Waals surface area contributed by atoms with Crippen LogP contribution in [0.15, 0.2) is 48.6 Å². The molecular formula is C16H20O3. The minimum atomic E-state index is -0.448. The van der Waals surface area contributed by atoms with Crippen molar-refractivity contribution in [3.05, 3.63) is 54.1 Å². The average Bonchev–Trinajstić information content (AvgIpc) is 2.43. The molecule has 0 aliphatic rings. The Balaban J connectivity index is 2.84. The summed E-state index contributed by atoms with van der Waals surface area (Å²) >= 11 is 0. The number of hydrogen-bond acceptors (Lipinski definition) is 3. The zero-order chi connectivity index (χ0) is 14.4. The van der Waals surface area contributed by atoms with Gasteiger partial charge in [-0.05, 0) is 48.3 Å². The molecule has 3 nitrogen and oxygen atoms in total. The number of carbonyl (C=O) groups is 1. The van der Waals surface area contributed by atoms with Crippen LogP contribution in [0.5, 0.6) is 5.75 Å². The van der Waals surface area contributed by atoms with Crippen LogP contribution in [0, 0.1) is 0 Å². The Kier molecular flexibility index (Phi) is 5.37. The highest BCUT2D eigenvalue weighted by molar-refractivity contribution is 5.89.